The first-order valence-electron chi connectivity index (χ1n) is 7.21. The van der Waals surface area contributed by atoms with Gasteiger partial charge in [-0.2, -0.15) is 0 Å². The van der Waals surface area contributed by atoms with Crippen LogP contribution < -0.4 is 0 Å². The molecule has 1 N–H and O–H groups in total. The monoisotopic (exact) mass is 241 g/mol. The molecular formula is C14H27NO2. The van der Waals surface area contributed by atoms with E-state index in [1.807, 2.05) is 0 Å². The summed E-state index contributed by atoms with van der Waals surface area (Å²) >= 11 is 0. The van der Waals surface area contributed by atoms with E-state index in [4.69, 9.17) is 4.74 Å². The molecule has 100 valence electrons. The second-order valence-electron chi connectivity index (χ2n) is 5.94. The van der Waals surface area contributed by atoms with Crippen LogP contribution in [0.3, 0.4) is 0 Å². The summed E-state index contributed by atoms with van der Waals surface area (Å²) in [5.41, 5.74) is 0. The summed E-state index contributed by atoms with van der Waals surface area (Å²) in [6, 6.07) is 0. The zero-order valence-corrected chi connectivity index (χ0v) is 11.3. The molecule has 2 rings (SSSR count). The molecule has 0 aromatic carbocycles. The van der Waals surface area contributed by atoms with Crippen LogP contribution in [-0.2, 0) is 4.74 Å². The second kappa shape index (κ2) is 6.17. The summed E-state index contributed by atoms with van der Waals surface area (Å²) in [5, 5.41) is 10.3. The molecular weight excluding hydrogens is 214 g/mol. The Kier molecular flexibility index (Phi) is 4.83. The van der Waals surface area contributed by atoms with Gasteiger partial charge in [-0.25, -0.2) is 0 Å². The third-order valence-corrected chi connectivity index (χ3v) is 4.13. The van der Waals surface area contributed by atoms with Gasteiger partial charge in [0.1, 0.15) is 0 Å². The van der Waals surface area contributed by atoms with Gasteiger partial charge in [0.15, 0.2) is 0 Å². The van der Waals surface area contributed by atoms with E-state index in [0.717, 1.165) is 19.6 Å². The van der Waals surface area contributed by atoms with Crippen LogP contribution in [0.1, 0.15) is 46.0 Å². The van der Waals surface area contributed by atoms with Crippen LogP contribution in [0.4, 0.5) is 0 Å². The first-order valence-corrected chi connectivity index (χ1v) is 7.21. The lowest BCUT2D eigenvalue weighted by Gasteiger charge is -2.38. The minimum atomic E-state index is -0.132. The fourth-order valence-corrected chi connectivity index (χ4v) is 3.37. The van der Waals surface area contributed by atoms with Crippen LogP contribution in [0.15, 0.2) is 0 Å². The van der Waals surface area contributed by atoms with E-state index in [1.165, 1.54) is 32.1 Å². The number of β-amino-alcohol motifs (C(OH)–C–C–N with tert-alkyl or cyclic N) is 1. The highest BCUT2D eigenvalue weighted by molar-refractivity contribution is 4.80. The molecule has 1 heterocycles. The molecule has 0 aromatic heterocycles. The van der Waals surface area contributed by atoms with E-state index in [-0.39, 0.29) is 6.10 Å². The molecule has 0 spiro atoms. The highest BCUT2D eigenvalue weighted by Gasteiger charge is 2.27. The molecule has 3 heteroatoms. The van der Waals surface area contributed by atoms with E-state index in [2.05, 4.69) is 18.7 Å². The van der Waals surface area contributed by atoms with Crippen molar-refractivity contribution in [1.82, 2.24) is 4.90 Å². The summed E-state index contributed by atoms with van der Waals surface area (Å²) in [5.74, 6) is 0.539. The smallest absolute Gasteiger partial charge is 0.0695 e. The van der Waals surface area contributed by atoms with Crippen LogP contribution in [0.5, 0.6) is 0 Å². The van der Waals surface area contributed by atoms with Gasteiger partial charge in [-0.3, -0.25) is 4.90 Å². The average molecular weight is 241 g/mol. The molecule has 0 radical (unpaired) electrons. The van der Waals surface area contributed by atoms with E-state index >= 15 is 0 Å². The van der Waals surface area contributed by atoms with Gasteiger partial charge in [-0.05, 0) is 32.6 Å². The third kappa shape index (κ3) is 3.94. The van der Waals surface area contributed by atoms with Crippen LogP contribution >= 0.6 is 0 Å². The molecule has 17 heavy (non-hydrogen) atoms. The average Bonchev–Trinajstić information content (AvgIpc) is 2.28. The summed E-state index contributed by atoms with van der Waals surface area (Å²) in [4.78, 5) is 2.37. The van der Waals surface area contributed by atoms with Crippen molar-refractivity contribution < 1.29 is 9.84 Å². The van der Waals surface area contributed by atoms with Crippen molar-refractivity contribution in [3.8, 4) is 0 Å². The number of morpholine rings is 1. The van der Waals surface area contributed by atoms with Crippen molar-refractivity contribution in [2.75, 3.05) is 19.6 Å². The summed E-state index contributed by atoms with van der Waals surface area (Å²) in [6.07, 6.45) is 6.87. The van der Waals surface area contributed by atoms with Gasteiger partial charge < -0.3 is 9.84 Å². The minimum Gasteiger partial charge on any atom is -0.392 e. The second-order valence-corrected chi connectivity index (χ2v) is 5.94. The Morgan fingerprint density at radius 1 is 1.12 bits per heavy atom. The lowest BCUT2D eigenvalue weighted by atomic mass is 9.85. The molecule has 2 aliphatic rings. The van der Waals surface area contributed by atoms with Crippen LogP contribution in [0, 0.1) is 5.92 Å². The fourth-order valence-electron chi connectivity index (χ4n) is 3.37. The quantitative estimate of drug-likeness (QED) is 0.820. The van der Waals surface area contributed by atoms with E-state index in [9.17, 15) is 5.11 Å². The number of aliphatic hydroxyl groups is 1. The van der Waals surface area contributed by atoms with E-state index in [1.54, 1.807) is 0 Å². The van der Waals surface area contributed by atoms with Crippen molar-refractivity contribution in [3.63, 3.8) is 0 Å². The van der Waals surface area contributed by atoms with Crippen LogP contribution in [0.25, 0.3) is 0 Å². The molecule has 1 aliphatic heterocycles. The maximum atomic E-state index is 10.3. The zero-order valence-electron chi connectivity index (χ0n) is 11.3. The van der Waals surface area contributed by atoms with E-state index in [0.29, 0.717) is 18.1 Å². The van der Waals surface area contributed by atoms with Crippen molar-refractivity contribution in [1.29, 1.82) is 0 Å². The predicted molar refractivity (Wildman–Crippen MR) is 69.0 cm³/mol. The number of hydrogen-bond acceptors (Lipinski definition) is 3. The Bertz CT molecular complexity index is 218. The SMILES string of the molecule is C[C@@H]1CN(CC(O)C2CCCCC2)C[C@H](C)O1. The maximum Gasteiger partial charge on any atom is 0.0695 e. The number of rotatable bonds is 3. The third-order valence-electron chi connectivity index (χ3n) is 4.13. The predicted octanol–water partition coefficient (Wildman–Crippen LogP) is 2.04. The number of nitrogens with zero attached hydrogens (tertiary/aromatic N) is 1. The molecule has 1 aliphatic carbocycles. The molecule has 1 saturated heterocycles. The Morgan fingerprint density at radius 2 is 1.71 bits per heavy atom. The van der Waals surface area contributed by atoms with Crippen molar-refractivity contribution in [2.45, 2.75) is 64.3 Å². The highest BCUT2D eigenvalue weighted by Crippen LogP contribution is 2.27. The van der Waals surface area contributed by atoms with Gasteiger partial charge in [-0.1, -0.05) is 19.3 Å². The first-order chi connectivity index (χ1) is 8.15. The zero-order chi connectivity index (χ0) is 12.3. The lowest BCUT2D eigenvalue weighted by molar-refractivity contribution is -0.0814. The Balaban J connectivity index is 1.78. The molecule has 2 fully saturated rings. The van der Waals surface area contributed by atoms with Crippen molar-refractivity contribution in [2.24, 2.45) is 5.92 Å². The maximum absolute atomic E-state index is 10.3. The van der Waals surface area contributed by atoms with Gasteiger partial charge in [0.25, 0.3) is 0 Å². The largest absolute Gasteiger partial charge is 0.392 e. The van der Waals surface area contributed by atoms with Gasteiger partial charge in [0.2, 0.25) is 0 Å². The number of aliphatic hydroxyl groups excluding tert-OH is 1. The Hall–Kier alpha value is -0.120. The van der Waals surface area contributed by atoms with Crippen molar-refractivity contribution in [3.05, 3.63) is 0 Å². The Morgan fingerprint density at radius 3 is 2.29 bits per heavy atom. The number of ether oxygens (including phenoxy) is 1. The normalized spacial score (nSPS) is 34.8. The molecule has 0 aromatic rings. The van der Waals surface area contributed by atoms with Crippen LogP contribution in [0.2, 0.25) is 0 Å². The molecule has 1 saturated carbocycles. The number of hydrogen-bond donors (Lipinski definition) is 1. The summed E-state index contributed by atoms with van der Waals surface area (Å²) < 4.78 is 5.72. The summed E-state index contributed by atoms with van der Waals surface area (Å²) in [7, 11) is 0. The fraction of sp³-hybridized carbons (Fsp3) is 1.00. The van der Waals surface area contributed by atoms with Gasteiger partial charge >= 0.3 is 0 Å². The summed E-state index contributed by atoms with van der Waals surface area (Å²) in [6.45, 7) is 7.01. The molecule has 3 nitrogen and oxygen atoms in total. The molecule has 0 amide bonds. The van der Waals surface area contributed by atoms with Crippen molar-refractivity contribution >= 4 is 0 Å². The van der Waals surface area contributed by atoms with Crippen LogP contribution in [-0.4, -0.2) is 48.0 Å². The first kappa shape index (κ1) is 13.3. The lowest BCUT2D eigenvalue weighted by Crippen LogP contribution is -2.49. The minimum absolute atomic E-state index is 0.132. The van der Waals surface area contributed by atoms with E-state index < -0.39 is 0 Å². The molecule has 1 unspecified atom stereocenters. The Labute approximate surface area is 105 Å². The highest BCUT2D eigenvalue weighted by atomic mass is 16.5. The standard InChI is InChI=1S/C14H27NO2/c1-11-8-15(9-12(2)17-11)10-14(16)13-6-4-3-5-7-13/h11-14,16H,3-10H2,1-2H3/t11-,12+,14?. The topological polar surface area (TPSA) is 32.7 Å². The van der Waals surface area contributed by atoms with Gasteiger partial charge in [0.05, 0.1) is 18.3 Å². The molecule has 3 atom stereocenters. The molecule has 0 bridgehead atoms. The van der Waals surface area contributed by atoms with Gasteiger partial charge in [-0.15, -0.1) is 0 Å². The van der Waals surface area contributed by atoms with Gasteiger partial charge in [0, 0.05) is 19.6 Å².